The molecule has 4 heteroatoms. The first kappa shape index (κ1) is 12.9. The smallest absolute Gasteiger partial charge is 0.255 e. The van der Waals surface area contributed by atoms with Gasteiger partial charge in [-0.25, -0.2) is 0 Å². The average molecular weight is 317 g/mol. The summed E-state index contributed by atoms with van der Waals surface area (Å²) >= 11 is 9.60. The molecule has 0 bridgehead atoms. The summed E-state index contributed by atoms with van der Waals surface area (Å²) in [6, 6.07) is 5.90. The molecule has 92 valence electrons. The molecule has 0 saturated carbocycles. The van der Waals surface area contributed by atoms with Gasteiger partial charge < -0.3 is 4.90 Å². The van der Waals surface area contributed by atoms with Gasteiger partial charge in [0.05, 0.1) is 10.6 Å². The Labute approximate surface area is 115 Å². The van der Waals surface area contributed by atoms with E-state index in [0.29, 0.717) is 16.6 Å². The molecule has 1 aliphatic rings. The van der Waals surface area contributed by atoms with Gasteiger partial charge in [-0.1, -0.05) is 33.6 Å². The van der Waals surface area contributed by atoms with Crippen LogP contribution in [0.15, 0.2) is 18.2 Å². The fourth-order valence-electron chi connectivity index (χ4n) is 2.21. The third-order valence-corrected chi connectivity index (χ3v) is 4.23. The molecule has 0 aliphatic carbocycles. The molecule has 0 N–H and O–H groups in total. The standard InChI is InChI=1S/C13H15BrClNO/c1-9-4-5-11(12(15)7-9)13(17)16-6-2-3-10(16)8-14/h4-5,7,10H,2-3,6,8H2,1H3. The van der Waals surface area contributed by atoms with Crippen molar-refractivity contribution in [2.45, 2.75) is 25.8 Å². The van der Waals surface area contributed by atoms with Crippen LogP contribution in [0.5, 0.6) is 0 Å². The summed E-state index contributed by atoms with van der Waals surface area (Å²) in [4.78, 5) is 14.3. The third-order valence-electron chi connectivity index (χ3n) is 3.17. The van der Waals surface area contributed by atoms with Crippen molar-refractivity contribution in [2.24, 2.45) is 0 Å². The van der Waals surface area contributed by atoms with Crippen molar-refractivity contribution in [3.05, 3.63) is 34.3 Å². The maximum absolute atomic E-state index is 12.4. The second-order valence-electron chi connectivity index (χ2n) is 4.43. The lowest BCUT2D eigenvalue weighted by Crippen LogP contribution is -2.36. The van der Waals surface area contributed by atoms with E-state index in [1.165, 1.54) is 0 Å². The lowest BCUT2D eigenvalue weighted by molar-refractivity contribution is 0.0750. The van der Waals surface area contributed by atoms with Gasteiger partial charge in [0.15, 0.2) is 0 Å². The van der Waals surface area contributed by atoms with Gasteiger partial charge in [-0.15, -0.1) is 0 Å². The second-order valence-corrected chi connectivity index (χ2v) is 5.49. The van der Waals surface area contributed by atoms with E-state index >= 15 is 0 Å². The van der Waals surface area contributed by atoms with Crippen LogP contribution in [0.2, 0.25) is 5.02 Å². The van der Waals surface area contributed by atoms with Crippen LogP contribution < -0.4 is 0 Å². The zero-order valence-corrected chi connectivity index (χ0v) is 12.1. The zero-order chi connectivity index (χ0) is 12.4. The number of nitrogens with zero attached hydrogens (tertiary/aromatic N) is 1. The summed E-state index contributed by atoms with van der Waals surface area (Å²) in [5.41, 5.74) is 1.69. The van der Waals surface area contributed by atoms with Crippen molar-refractivity contribution < 1.29 is 4.79 Å². The van der Waals surface area contributed by atoms with Gasteiger partial charge in [0.1, 0.15) is 0 Å². The van der Waals surface area contributed by atoms with Crippen LogP contribution >= 0.6 is 27.5 Å². The summed E-state index contributed by atoms with van der Waals surface area (Å²) in [6.07, 6.45) is 2.14. The fraction of sp³-hybridized carbons (Fsp3) is 0.462. The Kier molecular flexibility index (Phi) is 4.10. The van der Waals surface area contributed by atoms with Gasteiger partial charge in [-0.3, -0.25) is 4.79 Å². The maximum Gasteiger partial charge on any atom is 0.255 e. The number of rotatable bonds is 2. The van der Waals surface area contributed by atoms with Crippen molar-refractivity contribution in [3.8, 4) is 0 Å². The van der Waals surface area contributed by atoms with E-state index in [1.54, 1.807) is 0 Å². The molecule has 17 heavy (non-hydrogen) atoms. The highest BCUT2D eigenvalue weighted by atomic mass is 79.9. The van der Waals surface area contributed by atoms with E-state index < -0.39 is 0 Å². The second kappa shape index (κ2) is 5.40. The molecule has 1 aromatic rings. The highest BCUT2D eigenvalue weighted by Crippen LogP contribution is 2.25. The van der Waals surface area contributed by atoms with Gasteiger partial charge in [0.2, 0.25) is 0 Å². The van der Waals surface area contributed by atoms with Crippen LogP contribution in [-0.2, 0) is 0 Å². The summed E-state index contributed by atoms with van der Waals surface area (Å²) in [5.74, 6) is 0.0527. The normalized spacial score (nSPS) is 19.7. The predicted molar refractivity (Wildman–Crippen MR) is 74.0 cm³/mol. The molecule has 2 rings (SSSR count). The Morgan fingerprint density at radius 3 is 3.00 bits per heavy atom. The molecule has 1 aromatic carbocycles. The van der Waals surface area contributed by atoms with Crippen molar-refractivity contribution in [3.63, 3.8) is 0 Å². The highest BCUT2D eigenvalue weighted by Gasteiger charge is 2.29. The number of aryl methyl sites for hydroxylation is 1. The van der Waals surface area contributed by atoms with Crippen LogP contribution in [0.25, 0.3) is 0 Å². The minimum absolute atomic E-state index is 0.0527. The van der Waals surface area contributed by atoms with E-state index in [0.717, 1.165) is 30.3 Å². The Morgan fingerprint density at radius 2 is 2.35 bits per heavy atom. The first-order valence-corrected chi connectivity index (χ1v) is 7.26. The largest absolute Gasteiger partial charge is 0.335 e. The third kappa shape index (κ3) is 2.66. The number of likely N-dealkylation sites (tertiary alicyclic amines) is 1. The monoisotopic (exact) mass is 315 g/mol. The SMILES string of the molecule is Cc1ccc(C(=O)N2CCCC2CBr)c(Cl)c1. The van der Waals surface area contributed by atoms with Crippen molar-refractivity contribution in [2.75, 3.05) is 11.9 Å². The van der Waals surface area contributed by atoms with E-state index in [9.17, 15) is 4.79 Å². The van der Waals surface area contributed by atoms with Gasteiger partial charge >= 0.3 is 0 Å². The summed E-state index contributed by atoms with van der Waals surface area (Å²) in [7, 11) is 0. The number of hydrogen-bond donors (Lipinski definition) is 0. The summed E-state index contributed by atoms with van der Waals surface area (Å²) in [6.45, 7) is 2.80. The Morgan fingerprint density at radius 1 is 1.59 bits per heavy atom. The van der Waals surface area contributed by atoms with Crippen LogP contribution in [0.4, 0.5) is 0 Å². The molecule has 1 heterocycles. The molecule has 0 radical (unpaired) electrons. The molecule has 0 aromatic heterocycles. The molecule has 1 aliphatic heterocycles. The molecule has 1 amide bonds. The lowest BCUT2D eigenvalue weighted by Gasteiger charge is -2.23. The fourth-order valence-corrected chi connectivity index (χ4v) is 3.20. The first-order chi connectivity index (χ1) is 8.13. The molecule has 1 unspecified atom stereocenters. The number of benzene rings is 1. The number of carbonyl (C=O) groups is 1. The molecule has 1 fully saturated rings. The Hall–Kier alpha value is -0.540. The van der Waals surface area contributed by atoms with Crippen molar-refractivity contribution in [1.82, 2.24) is 4.90 Å². The van der Waals surface area contributed by atoms with Gasteiger partial charge in [0, 0.05) is 17.9 Å². The minimum Gasteiger partial charge on any atom is -0.335 e. The van der Waals surface area contributed by atoms with Gasteiger partial charge in [-0.05, 0) is 37.5 Å². The van der Waals surface area contributed by atoms with Crippen LogP contribution in [0.1, 0.15) is 28.8 Å². The molecule has 1 atom stereocenters. The number of alkyl halides is 1. The Balaban J connectivity index is 2.24. The zero-order valence-electron chi connectivity index (χ0n) is 9.75. The molecule has 1 saturated heterocycles. The number of hydrogen-bond acceptors (Lipinski definition) is 1. The topological polar surface area (TPSA) is 20.3 Å². The Bertz CT molecular complexity index is 435. The van der Waals surface area contributed by atoms with E-state index in [-0.39, 0.29) is 5.91 Å². The number of halogens is 2. The molecular formula is C13H15BrClNO. The van der Waals surface area contributed by atoms with Crippen molar-refractivity contribution in [1.29, 1.82) is 0 Å². The molecular weight excluding hydrogens is 302 g/mol. The first-order valence-electron chi connectivity index (χ1n) is 5.76. The van der Waals surface area contributed by atoms with Crippen LogP contribution in [0, 0.1) is 6.92 Å². The number of carbonyl (C=O) groups excluding carboxylic acids is 1. The van der Waals surface area contributed by atoms with E-state index in [4.69, 9.17) is 11.6 Å². The summed E-state index contributed by atoms with van der Waals surface area (Å²) in [5, 5.41) is 1.39. The van der Waals surface area contributed by atoms with Gasteiger partial charge in [-0.2, -0.15) is 0 Å². The number of amides is 1. The maximum atomic E-state index is 12.4. The minimum atomic E-state index is 0.0527. The van der Waals surface area contributed by atoms with Gasteiger partial charge in [0.25, 0.3) is 5.91 Å². The van der Waals surface area contributed by atoms with Crippen LogP contribution in [0.3, 0.4) is 0 Å². The van der Waals surface area contributed by atoms with E-state index in [2.05, 4.69) is 15.9 Å². The van der Waals surface area contributed by atoms with Crippen LogP contribution in [-0.4, -0.2) is 28.7 Å². The quantitative estimate of drug-likeness (QED) is 0.763. The predicted octanol–water partition coefficient (Wildman–Crippen LogP) is 3.65. The van der Waals surface area contributed by atoms with E-state index in [1.807, 2.05) is 30.0 Å². The summed E-state index contributed by atoms with van der Waals surface area (Å²) < 4.78 is 0. The average Bonchev–Trinajstić information content (AvgIpc) is 2.76. The molecule has 2 nitrogen and oxygen atoms in total. The highest BCUT2D eigenvalue weighted by molar-refractivity contribution is 9.09. The van der Waals surface area contributed by atoms with Crippen molar-refractivity contribution >= 4 is 33.4 Å². The lowest BCUT2D eigenvalue weighted by atomic mass is 10.1. The molecule has 0 spiro atoms.